The van der Waals surface area contributed by atoms with Crippen molar-refractivity contribution in [1.29, 1.82) is 0 Å². The number of nitrogens with one attached hydrogen (secondary N) is 1. The lowest BCUT2D eigenvalue weighted by Crippen LogP contribution is -2.15. The topological polar surface area (TPSA) is 47.6 Å². The van der Waals surface area contributed by atoms with Crippen molar-refractivity contribution < 1.29 is 27.4 Å². The minimum absolute atomic E-state index is 0.0593. The highest BCUT2D eigenvalue weighted by Crippen LogP contribution is 2.35. The third-order valence-electron chi connectivity index (χ3n) is 3.19. The molecule has 0 aliphatic heterocycles. The number of hydrogen-bond donors (Lipinski definition) is 1. The Morgan fingerprint density at radius 3 is 2.56 bits per heavy atom. The van der Waals surface area contributed by atoms with Crippen LogP contribution >= 0.6 is 15.9 Å². The summed E-state index contributed by atoms with van der Waals surface area (Å²) in [6.07, 6.45) is -4.53. The molecule has 4 nitrogen and oxygen atoms in total. The maximum Gasteiger partial charge on any atom is 0.416 e. The third kappa shape index (κ3) is 5.47. The lowest BCUT2D eigenvalue weighted by molar-refractivity contribution is -0.137. The standard InChI is InChI=1S/C17H15BrF3NO3/c1-24-7-8-25-15-6-5-12(17(19,20)21)10-14(15)22-16(23)11-3-2-4-13(18)9-11/h2-6,9-10H,7-8H2,1H3,(H,22,23). The van der Waals surface area contributed by atoms with Crippen LogP contribution in [0.2, 0.25) is 0 Å². The van der Waals surface area contributed by atoms with Crippen molar-refractivity contribution in [3.05, 3.63) is 58.1 Å². The molecule has 0 saturated heterocycles. The molecule has 2 aromatic carbocycles. The quantitative estimate of drug-likeness (QED) is 0.690. The van der Waals surface area contributed by atoms with Crippen LogP contribution in [-0.2, 0) is 10.9 Å². The van der Waals surface area contributed by atoms with Crippen molar-refractivity contribution in [3.63, 3.8) is 0 Å². The van der Waals surface area contributed by atoms with Crippen molar-refractivity contribution in [2.24, 2.45) is 0 Å². The minimum Gasteiger partial charge on any atom is -0.489 e. The van der Waals surface area contributed by atoms with Crippen LogP contribution in [0.4, 0.5) is 18.9 Å². The highest BCUT2D eigenvalue weighted by atomic mass is 79.9. The van der Waals surface area contributed by atoms with Gasteiger partial charge in [-0.15, -0.1) is 0 Å². The first kappa shape index (κ1) is 19.3. The van der Waals surface area contributed by atoms with Gasteiger partial charge in [-0.05, 0) is 36.4 Å². The first-order valence-electron chi connectivity index (χ1n) is 7.21. The second-order valence-corrected chi connectivity index (χ2v) is 5.93. The van der Waals surface area contributed by atoms with E-state index in [0.717, 1.165) is 12.1 Å². The molecule has 0 radical (unpaired) electrons. The van der Waals surface area contributed by atoms with Crippen LogP contribution in [0, 0.1) is 0 Å². The summed E-state index contributed by atoms with van der Waals surface area (Å²) >= 11 is 3.24. The molecule has 8 heteroatoms. The average molecular weight is 418 g/mol. The van der Waals surface area contributed by atoms with Crippen LogP contribution in [-0.4, -0.2) is 26.2 Å². The van der Waals surface area contributed by atoms with E-state index in [1.54, 1.807) is 24.3 Å². The summed E-state index contributed by atoms with van der Waals surface area (Å²) in [5.74, 6) is -0.411. The van der Waals surface area contributed by atoms with E-state index in [2.05, 4.69) is 21.2 Å². The van der Waals surface area contributed by atoms with Gasteiger partial charge in [0.05, 0.1) is 17.9 Å². The van der Waals surface area contributed by atoms with Gasteiger partial charge in [0.1, 0.15) is 12.4 Å². The number of benzene rings is 2. The number of halogens is 4. The first-order chi connectivity index (χ1) is 11.8. The Labute approximate surface area is 151 Å². The predicted octanol–water partition coefficient (Wildman–Crippen LogP) is 4.75. The molecule has 1 amide bonds. The molecule has 2 aromatic rings. The first-order valence-corrected chi connectivity index (χ1v) is 8.00. The third-order valence-corrected chi connectivity index (χ3v) is 3.68. The van der Waals surface area contributed by atoms with Gasteiger partial charge < -0.3 is 14.8 Å². The van der Waals surface area contributed by atoms with Crippen LogP contribution in [0.1, 0.15) is 15.9 Å². The lowest BCUT2D eigenvalue weighted by Gasteiger charge is -2.15. The number of ether oxygens (including phenoxy) is 2. The van der Waals surface area contributed by atoms with E-state index in [1.165, 1.54) is 13.2 Å². The zero-order chi connectivity index (χ0) is 18.4. The average Bonchev–Trinajstić information content (AvgIpc) is 2.55. The van der Waals surface area contributed by atoms with Crippen LogP contribution in [0.5, 0.6) is 5.75 Å². The summed E-state index contributed by atoms with van der Waals surface area (Å²) in [5.41, 5.74) is -0.637. The molecule has 2 rings (SSSR count). The highest BCUT2D eigenvalue weighted by Gasteiger charge is 2.31. The van der Waals surface area contributed by atoms with Gasteiger partial charge in [-0.1, -0.05) is 22.0 Å². The number of hydrogen-bond acceptors (Lipinski definition) is 3. The molecule has 0 atom stereocenters. The van der Waals surface area contributed by atoms with Gasteiger partial charge in [-0.2, -0.15) is 13.2 Å². The molecule has 0 aromatic heterocycles. The van der Waals surface area contributed by atoms with E-state index >= 15 is 0 Å². The number of anilines is 1. The molecule has 0 bridgehead atoms. The highest BCUT2D eigenvalue weighted by molar-refractivity contribution is 9.10. The maximum atomic E-state index is 12.9. The summed E-state index contributed by atoms with van der Waals surface area (Å²) < 4.78 is 49.7. The van der Waals surface area contributed by atoms with Crippen molar-refractivity contribution in [3.8, 4) is 5.75 Å². The second kappa shape index (κ2) is 8.35. The van der Waals surface area contributed by atoms with Gasteiger partial charge in [-0.25, -0.2) is 0 Å². The van der Waals surface area contributed by atoms with Gasteiger partial charge in [-0.3, -0.25) is 4.79 Å². The fourth-order valence-electron chi connectivity index (χ4n) is 1.99. The molecule has 0 spiro atoms. The van der Waals surface area contributed by atoms with Crippen LogP contribution in [0.25, 0.3) is 0 Å². The number of rotatable bonds is 6. The molecule has 0 aliphatic rings. The molecule has 134 valence electrons. The van der Waals surface area contributed by atoms with E-state index in [1.807, 2.05) is 0 Å². The molecule has 1 N–H and O–H groups in total. The molecule has 25 heavy (non-hydrogen) atoms. The Morgan fingerprint density at radius 1 is 1.16 bits per heavy atom. The Balaban J connectivity index is 2.29. The smallest absolute Gasteiger partial charge is 0.416 e. The Morgan fingerprint density at radius 2 is 1.92 bits per heavy atom. The van der Waals surface area contributed by atoms with Crippen molar-refractivity contribution in [2.45, 2.75) is 6.18 Å². The van der Waals surface area contributed by atoms with Crippen LogP contribution in [0.3, 0.4) is 0 Å². The monoisotopic (exact) mass is 417 g/mol. The molecular weight excluding hydrogens is 403 g/mol. The Kier molecular flexibility index (Phi) is 6.44. The lowest BCUT2D eigenvalue weighted by atomic mass is 10.1. The molecule has 0 heterocycles. The molecule has 0 fully saturated rings. The zero-order valence-electron chi connectivity index (χ0n) is 13.2. The zero-order valence-corrected chi connectivity index (χ0v) is 14.8. The van der Waals surface area contributed by atoms with Gasteiger partial charge in [0.2, 0.25) is 0 Å². The number of amides is 1. The van der Waals surface area contributed by atoms with E-state index in [4.69, 9.17) is 9.47 Å². The van der Waals surface area contributed by atoms with Gasteiger partial charge >= 0.3 is 6.18 Å². The van der Waals surface area contributed by atoms with E-state index < -0.39 is 17.6 Å². The fraction of sp³-hybridized carbons (Fsp3) is 0.235. The summed E-state index contributed by atoms with van der Waals surface area (Å²) in [7, 11) is 1.48. The van der Waals surface area contributed by atoms with E-state index in [-0.39, 0.29) is 24.7 Å². The number of carbonyl (C=O) groups excluding carboxylic acids is 1. The number of alkyl halides is 3. The SMILES string of the molecule is COCCOc1ccc(C(F)(F)F)cc1NC(=O)c1cccc(Br)c1. The number of methoxy groups -OCH3 is 1. The van der Waals surface area contributed by atoms with Crippen molar-refractivity contribution >= 4 is 27.5 Å². The Hall–Kier alpha value is -2.06. The second-order valence-electron chi connectivity index (χ2n) is 5.01. The summed E-state index contributed by atoms with van der Waals surface area (Å²) in [6.45, 7) is 0.404. The molecular formula is C17H15BrF3NO3. The molecule has 0 saturated carbocycles. The summed E-state index contributed by atoms with van der Waals surface area (Å²) in [6, 6.07) is 9.43. The van der Waals surface area contributed by atoms with Crippen LogP contribution < -0.4 is 10.1 Å². The largest absolute Gasteiger partial charge is 0.489 e. The van der Waals surface area contributed by atoms with Crippen molar-refractivity contribution in [1.82, 2.24) is 0 Å². The van der Waals surface area contributed by atoms with Gasteiger partial charge in [0.25, 0.3) is 5.91 Å². The summed E-state index contributed by atoms with van der Waals surface area (Å²) in [5, 5.41) is 2.47. The van der Waals surface area contributed by atoms with Crippen molar-refractivity contribution in [2.75, 3.05) is 25.6 Å². The van der Waals surface area contributed by atoms with Gasteiger partial charge in [0, 0.05) is 17.1 Å². The molecule has 0 unspecified atom stereocenters. The normalized spacial score (nSPS) is 11.2. The van der Waals surface area contributed by atoms with E-state index in [9.17, 15) is 18.0 Å². The minimum atomic E-state index is -4.53. The maximum absolute atomic E-state index is 12.9. The Bertz CT molecular complexity index is 750. The van der Waals surface area contributed by atoms with E-state index in [0.29, 0.717) is 10.0 Å². The fourth-order valence-corrected chi connectivity index (χ4v) is 2.39. The molecule has 0 aliphatic carbocycles. The van der Waals surface area contributed by atoms with Gasteiger partial charge in [0.15, 0.2) is 0 Å². The summed E-state index contributed by atoms with van der Waals surface area (Å²) in [4.78, 5) is 12.3. The number of carbonyl (C=O) groups is 1. The van der Waals surface area contributed by atoms with Crippen LogP contribution in [0.15, 0.2) is 46.9 Å². The predicted molar refractivity (Wildman–Crippen MR) is 90.9 cm³/mol.